The molecule has 110 valence electrons. The summed E-state index contributed by atoms with van der Waals surface area (Å²) in [5.41, 5.74) is 3.67. The normalized spacial score (nSPS) is 13.0. The lowest BCUT2D eigenvalue weighted by molar-refractivity contribution is 0.672. The monoisotopic (exact) mass is 311 g/mol. The van der Waals surface area contributed by atoms with Gasteiger partial charge in [-0.15, -0.1) is 5.10 Å². The maximum absolute atomic E-state index is 11.6. The van der Waals surface area contributed by atoms with Gasteiger partial charge in [-0.25, -0.2) is 14.5 Å². The first kappa shape index (κ1) is 13.1. The van der Waals surface area contributed by atoms with Crippen molar-refractivity contribution < 1.29 is 4.21 Å². The van der Waals surface area contributed by atoms with Crippen LogP contribution in [0.1, 0.15) is 0 Å². The number of nitrogens with zero attached hydrogens (tertiary/aromatic N) is 5. The molecule has 0 saturated carbocycles. The molecule has 0 N–H and O–H groups in total. The molecular formula is C15H13N5OS. The first-order valence-electron chi connectivity index (χ1n) is 6.73. The fourth-order valence-electron chi connectivity index (χ4n) is 2.53. The molecule has 4 aromatic heterocycles. The van der Waals surface area contributed by atoms with Crippen molar-refractivity contribution >= 4 is 27.3 Å². The zero-order valence-electron chi connectivity index (χ0n) is 12.1. The first-order valence-corrected chi connectivity index (χ1v) is 8.29. The summed E-state index contributed by atoms with van der Waals surface area (Å²) in [7, 11) is 0.755. The van der Waals surface area contributed by atoms with Crippen LogP contribution in [0, 0.1) is 0 Å². The summed E-state index contributed by atoms with van der Waals surface area (Å²) in [6, 6.07) is 8.02. The van der Waals surface area contributed by atoms with Gasteiger partial charge < -0.3 is 4.57 Å². The maximum atomic E-state index is 11.6. The smallest absolute Gasteiger partial charge is 0.237 e. The predicted molar refractivity (Wildman–Crippen MR) is 85.0 cm³/mol. The molecule has 0 amide bonds. The molecule has 7 heteroatoms. The molecule has 1 unspecified atom stereocenters. The molecule has 0 aliphatic rings. The maximum Gasteiger partial charge on any atom is 0.237 e. The van der Waals surface area contributed by atoms with Crippen LogP contribution in [0.2, 0.25) is 0 Å². The summed E-state index contributed by atoms with van der Waals surface area (Å²) >= 11 is 0. The van der Waals surface area contributed by atoms with Crippen molar-refractivity contribution in [3.8, 4) is 11.3 Å². The van der Waals surface area contributed by atoms with E-state index in [2.05, 4.69) is 21.1 Å². The van der Waals surface area contributed by atoms with E-state index in [1.54, 1.807) is 17.0 Å². The van der Waals surface area contributed by atoms with E-state index >= 15 is 0 Å². The van der Waals surface area contributed by atoms with E-state index in [0.717, 1.165) is 27.8 Å². The fraction of sp³-hybridized carbons (Fsp3) is 0.133. The van der Waals surface area contributed by atoms with Crippen LogP contribution in [0.5, 0.6) is 0 Å². The second-order valence-electron chi connectivity index (χ2n) is 5.11. The molecular weight excluding hydrogens is 298 g/mol. The Hall–Kier alpha value is -2.54. The summed E-state index contributed by atoms with van der Waals surface area (Å²) < 4.78 is 15.3. The average molecular weight is 311 g/mol. The highest BCUT2D eigenvalue weighted by molar-refractivity contribution is 7.84. The summed E-state index contributed by atoms with van der Waals surface area (Å²) in [5.74, 6) is 0. The third-order valence-corrected chi connectivity index (χ3v) is 4.34. The molecule has 0 aromatic carbocycles. The minimum Gasteiger partial charge on any atom is -0.336 e. The lowest BCUT2D eigenvalue weighted by atomic mass is 10.2. The van der Waals surface area contributed by atoms with Gasteiger partial charge in [0.15, 0.2) is 0 Å². The molecule has 0 aliphatic heterocycles. The van der Waals surface area contributed by atoms with E-state index in [4.69, 9.17) is 0 Å². The van der Waals surface area contributed by atoms with Gasteiger partial charge in [-0.3, -0.25) is 4.21 Å². The quantitative estimate of drug-likeness (QED) is 0.568. The first-order chi connectivity index (χ1) is 10.6. The number of pyridine rings is 1. The lowest BCUT2D eigenvalue weighted by Crippen LogP contribution is -2.03. The van der Waals surface area contributed by atoms with Gasteiger partial charge >= 0.3 is 0 Å². The highest BCUT2D eigenvalue weighted by Gasteiger charge is 2.10. The van der Waals surface area contributed by atoms with Crippen LogP contribution in [0.15, 0.2) is 48.0 Å². The van der Waals surface area contributed by atoms with E-state index in [0.29, 0.717) is 5.16 Å². The van der Waals surface area contributed by atoms with Crippen molar-refractivity contribution in [2.75, 3.05) is 6.26 Å². The van der Waals surface area contributed by atoms with Crippen molar-refractivity contribution in [2.45, 2.75) is 5.16 Å². The fourth-order valence-corrected chi connectivity index (χ4v) is 2.93. The molecule has 0 radical (unpaired) electrons. The summed E-state index contributed by atoms with van der Waals surface area (Å²) in [6.07, 6.45) is 7.07. The molecule has 0 bridgehead atoms. The third-order valence-electron chi connectivity index (χ3n) is 3.64. The number of rotatable bonds is 2. The molecule has 4 aromatic rings. The van der Waals surface area contributed by atoms with Gasteiger partial charge in [0.25, 0.3) is 0 Å². The van der Waals surface area contributed by atoms with Crippen molar-refractivity contribution in [1.82, 2.24) is 24.1 Å². The Morgan fingerprint density at radius 3 is 2.82 bits per heavy atom. The Morgan fingerprint density at radius 2 is 2.00 bits per heavy atom. The standard InChI is InChI=1S/C15H13N5OS/c1-19-6-5-10-7-11(8-16-14(10)19)13-4-3-12-9-17-15(22(2)21)18-20(12)13/h3-9H,1-2H3. The zero-order chi connectivity index (χ0) is 15.3. The summed E-state index contributed by atoms with van der Waals surface area (Å²) in [4.78, 5) is 8.62. The molecule has 6 nitrogen and oxygen atoms in total. The van der Waals surface area contributed by atoms with E-state index in [9.17, 15) is 4.21 Å². The Morgan fingerprint density at radius 1 is 1.14 bits per heavy atom. The molecule has 4 rings (SSSR count). The van der Waals surface area contributed by atoms with E-state index in [-0.39, 0.29) is 0 Å². The highest BCUT2D eigenvalue weighted by Crippen LogP contribution is 2.24. The van der Waals surface area contributed by atoms with Gasteiger partial charge in [-0.1, -0.05) is 0 Å². The molecule has 0 spiro atoms. The zero-order valence-corrected chi connectivity index (χ0v) is 12.9. The van der Waals surface area contributed by atoms with Crippen molar-refractivity contribution in [1.29, 1.82) is 0 Å². The van der Waals surface area contributed by atoms with Crippen LogP contribution >= 0.6 is 0 Å². The van der Waals surface area contributed by atoms with Gasteiger partial charge in [0.1, 0.15) is 5.65 Å². The van der Waals surface area contributed by atoms with Crippen molar-refractivity contribution in [3.63, 3.8) is 0 Å². The molecule has 0 aliphatic carbocycles. The van der Waals surface area contributed by atoms with Crippen molar-refractivity contribution in [2.24, 2.45) is 7.05 Å². The minimum atomic E-state index is -1.21. The molecule has 0 fully saturated rings. The second-order valence-corrected chi connectivity index (χ2v) is 6.39. The third kappa shape index (κ3) is 1.93. The number of hydrogen-bond donors (Lipinski definition) is 0. The van der Waals surface area contributed by atoms with E-state index in [1.165, 1.54) is 0 Å². The van der Waals surface area contributed by atoms with E-state index < -0.39 is 10.8 Å². The average Bonchev–Trinajstić information content (AvgIpc) is 3.10. The molecule has 1 atom stereocenters. The second kappa shape index (κ2) is 4.74. The number of fused-ring (bicyclic) bond motifs is 2. The van der Waals surface area contributed by atoms with Crippen LogP contribution in [-0.2, 0) is 17.8 Å². The van der Waals surface area contributed by atoms with Gasteiger partial charge in [-0.2, -0.15) is 0 Å². The topological polar surface area (TPSA) is 65.1 Å². The summed E-state index contributed by atoms with van der Waals surface area (Å²) in [5, 5.41) is 5.76. The lowest BCUT2D eigenvalue weighted by Gasteiger charge is -2.04. The van der Waals surface area contributed by atoms with Crippen molar-refractivity contribution in [3.05, 3.63) is 42.9 Å². The Balaban J connectivity index is 1.94. The molecule has 0 saturated heterocycles. The van der Waals surface area contributed by atoms with Gasteiger partial charge in [0.2, 0.25) is 5.16 Å². The van der Waals surface area contributed by atoms with Crippen LogP contribution in [0.4, 0.5) is 0 Å². The molecule has 22 heavy (non-hydrogen) atoms. The number of aromatic nitrogens is 5. The largest absolute Gasteiger partial charge is 0.336 e. The van der Waals surface area contributed by atoms with Gasteiger partial charge in [0, 0.05) is 36.6 Å². The molecule has 4 heterocycles. The van der Waals surface area contributed by atoms with Crippen LogP contribution in [0.25, 0.3) is 27.8 Å². The predicted octanol–water partition coefficient (Wildman–Crippen LogP) is 2.02. The SMILES string of the molecule is Cn1ccc2cc(-c3ccc4cnc(S(C)=O)nn34)cnc21. The minimum absolute atomic E-state index is 0.318. The van der Waals surface area contributed by atoms with E-state index in [1.807, 2.05) is 42.2 Å². The van der Waals surface area contributed by atoms with Crippen LogP contribution in [0.3, 0.4) is 0 Å². The Labute approximate surface area is 128 Å². The highest BCUT2D eigenvalue weighted by atomic mass is 32.2. The number of aryl methyl sites for hydroxylation is 1. The Kier molecular flexibility index (Phi) is 2.83. The Bertz CT molecular complexity index is 1030. The van der Waals surface area contributed by atoms with Crippen LogP contribution in [-0.4, -0.2) is 34.6 Å². The van der Waals surface area contributed by atoms with Gasteiger partial charge in [0.05, 0.1) is 28.2 Å². The van der Waals surface area contributed by atoms with Crippen LogP contribution < -0.4 is 0 Å². The number of hydrogen-bond acceptors (Lipinski definition) is 4. The summed E-state index contributed by atoms with van der Waals surface area (Å²) in [6.45, 7) is 0. The van der Waals surface area contributed by atoms with Gasteiger partial charge in [-0.05, 0) is 24.3 Å².